The van der Waals surface area contributed by atoms with Gasteiger partial charge < -0.3 is 14.4 Å². The van der Waals surface area contributed by atoms with Gasteiger partial charge in [0, 0.05) is 30.8 Å². The van der Waals surface area contributed by atoms with Crippen molar-refractivity contribution in [3.8, 4) is 0 Å². The van der Waals surface area contributed by atoms with Crippen LogP contribution in [0.2, 0.25) is 10.0 Å². The molecule has 1 atom stereocenters. The second-order valence-corrected chi connectivity index (χ2v) is 15.7. The summed E-state index contributed by atoms with van der Waals surface area (Å²) in [5.74, 6) is 0.411. The minimum Gasteiger partial charge on any atom is -0.748 e. The average Bonchev–Trinajstić information content (AvgIpc) is 3.45. The molecule has 5 rings (SSSR count). The van der Waals surface area contributed by atoms with E-state index in [4.69, 9.17) is 23.2 Å². The number of rotatable bonds is 11. The van der Waals surface area contributed by atoms with E-state index in [2.05, 4.69) is 10.6 Å². The molecule has 0 radical (unpaired) electrons. The number of benzene rings is 3. The second-order valence-electron chi connectivity index (χ2n) is 10.5. The van der Waals surface area contributed by atoms with E-state index in [0.717, 1.165) is 43.2 Å². The number of hydrogen-bond acceptors (Lipinski definition) is 8. The average molecular weight is 720 g/mol. The Hall–Kier alpha value is -1.71. The molecule has 234 valence electrons. The van der Waals surface area contributed by atoms with Crippen molar-refractivity contribution in [1.82, 2.24) is 0 Å². The fourth-order valence-corrected chi connectivity index (χ4v) is 7.72. The quantitative estimate of drug-likeness (QED) is 0.142. The predicted molar refractivity (Wildman–Crippen MR) is 178 cm³/mol. The maximum absolute atomic E-state index is 11.6. The van der Waals surface area contributed by atoms with E-state index >= 15 is 0 Å². The molecule has 0 amide bonds. The molecule has 9 nitrogen and oxygen atoms in total. The van der Waals surface area contributed by atoms with E-state index in [-0.39, 0.29) is 54.7 Å². The van der Waals surface area contributed by atoms with E-state index in [1.165, 1.54) is 6.92 Å². The molecule has 1 N–H and O–H groups in total. The van der Waals surface area contributed by atoms with Crippen LogP contribution in [0.25, 0.3) is 27.1 Å². The fraction of sp³-hybridized carbons (Fsp3) is 0.300. The Bertz CT molecular complexity index is 2020. The third kappa shape index (κ3) is 8.06. The van der Waals surface area contributed by atoms with Gasteiger partial charge in [-0.25, -0.2) is 8.42 Å². The second kappa shape index (κ2) is 14.6. The van der Waals surface area contributed by atoms with Crippen LogP contribution in [0.15, 0.2) is 66.5 Å². The summed E-state index contributed by atoms with van der Waals surface area (Å²) in [5.41, 5.74) is 2.55. The number of anilines is 2. The Morgan fingerprint density at radius 3 is 2.36 bits per heavy atom. The third-order valence-electron chi connectivity index (χ3n) is 7.60. The summed E-state index contributed by atoms with van der Waals surface area (Å²) in [6.45, 7) is 4.61. The number of allylic oxidation sites excluding steroid dienone is 2. The van der Waals surface area contributed by atoms with Crippen molar-refractivity contribution in [2.75, 3.05) is 28.6 Å². The van der Waals surface area contributed by atoms with Gasteiger partial charge in [-0.05, 0) is 56.0 Å². The molecule has 0 bridgehead atoms. The minimum absolute atomic E-state index is 0. The summed E-state index contributed by atoms with van der Waals surface area (Å²) in [7, 11) is -8.56. The van der Waals surface area contributed by atoms with Crippen LogP contribution in [0.3, 0.4) is 0 Å². The van der Waals surface area contributed by atoms with Crippen LogP contribution in [0, 0.1) is 0 Å². The Morgan fingerprint density at radius 1 is 1.04 bits per heavy atom. The van der Waals surface area contributed by atoms with Crippen molar-refractivity contribution in [3.05, 3.63) is 81.6 Å². The van der Waals surface area contributed by atoms with Crippen LogP contribution in [-0.4, -0.2) is 50.0 Å². The number of aromatic nitrogens is 1. The first-order valence-electron chi connectivity index (χ1n) is 13.9. The molecular weight excluding hydrogens is 688 g/mol. The number of fused-ring (bicyclic) bond motifs is 4. The predicted octanol–water partition coefficient (Wildman–Crippen LogP) is 3.46. The van der Waals surface area contributed by atoms with Crippen LogP contribution in [0.4, 0.5) is 11.4 Å². The van der Waals surface area contributed by atoms with Gasteiger partial charge in [0.2, 0.25) is 5.52 Å². The van der Waals surface area contributed by atoms with Crippen molar-refractivity contribution in [2.24, 2.45) is 0 Å². The topological polar surface area (TPSA) is 122 Å². The number of hydrogen-bond donors (Lipinski definition) is 1. The molecule has 45 heavy (non-hydrogen) atoms. The maximum Gasteiger partial charge on any atom is 1.00 e. The summed E-state index contributed by atoms with van der Waals surface area (Å²) >= 11 is 14.3. The molecule has 1 aliphatic heterocycles. The number of aryl methyl sites for hydroxylation is 1. The minimum atomic E-state index is -4.45. The monoisotopic (exact) mass is 718 g/mol. The Morgan fingerprint density at radius 2 is 1.71 bits per heavy atom. The molecule has 0 saturated carbocycles. The van der Waals surface area contributed by atoms with Gasteiger partial charge in [0.25, 0.3) is 15.1 Å². The van der Waals surface area contributed by atoms with E-state index in [1.54, 1.807) is 23.5 Å². The Balaban J connectivity index is 0.00000461. The molecule has 0 spiro atoms. The van der Waals surface area contributed by atoms with Crippen LogP contribution in [0.5, 0.6) is 0 Å². The van der Waals surface area contributed by atoms with Gasteiger partial charge in [-0.3, -0.25) is 4.55 Å². The molecule has 2 heterocycles. The molecule has 15 heteroatoms. The van der Waals surface area contributed by atoms with Gasteiger partial charge in [-0.15, -0.1) is 0 Å². The normalized spacial score (nSPS) is 15.4. The molecule has 1 aromatic heterocycles. The SMILES string of the molecule is CCN1C(=CC=Cc2sc3ccc4ccccc4c3[n+]2CCCS(=O)(=O)O)N(CCC(C)S(=O)(=O)[O-])c2cc(Cl)c(Cl)cc21.[Na+]. The van der Waals surface area contributed by atoms with E-state index in [1.807, 2.05) is 65.3 Å². The third-order valence-corrected chi connectivity index (χ3v) is 11.5. The summed E-state index contributed by atoms with van der Waals surface area (Å²) in [4.78, 5) is 3.97. The van der Waals surface area contributed by atoms with E-state index in [9.17, 15) is 25.9 Å². The van der Waals surface area contributed by atoms with E-state index in [0.29, 0.717) is 23.1 Å². The molecule has 1 unspecified atom stereocenters. The molecule has 1 aliphatic rings. The van der Waals surface area contributed by atoms with Crippen LogP contribution < -0.4 is 43.9 Å². The Kier molecular flexibility index (Phi) is 11.7. The van der Waals surface area contributed by atoms with Gasteiger partial charge in [0.15, 0.2) is 6.54 Å². The smallest absolute Gasteiger partial charge is 0.748 e. The first-order chi connectivity index (χ1) is 20.8. The van der Waals surface area contributed by atoms with Crippen molar-refractivity contribution in [2.45, 2.75) is 38.5 Å². The number of halogens is 2. The van der Waals surface area contributed by atoms with Gasteiger partial charge in [-0.2, -0.15) is 13.0 Å². The van der Waals surface area contributed by atoms with Crippen LogP contribution in [0.1, 0.15) is 31.7 Å². The van der Waals surface area contributed by atoms with Crippen molar-refractivity contribution < 1.29 is 60.1 Å². The molecule has 0 aliphatic carbocycles. The summed E-state index contributed by atoms with van der Waals surface area (Å²) < 4.78 is 70.3. The summed E-state index contributed by atoms with van der Waals surface area (Å²) in [5, 5.41) is 2.65. The van der Waals surface area contributed by atoms with Gasteiger partial charge in [0.05, 0.1) is 42.7 Å². The molecule has 0 fully saturated rings. The van der Waals surface area contributed by atoms with Crippen molar-refractivity contribution in [3.63, 3.8) is 0 Å². The van der Waals surface area contributed by atoms with Gasteiger partial charge in [-0.1, -0.05) is 64.9 Å². The molecule has 3 aromatic carbocycles. The number of thiazole rings is 1. The largest absolute Gasteiger partial charge is 1.00 e. The van der Waals surface area contributed by atoms with Crippen molar-refractivity contribution >= 4 is 93.2 Å². The molecule has 4 aromatic rings. The fourth-order valence-electron chi connectivity index (χ4n) is 5.39. The van der Waals surface area contributed by atoms with Crippen LogP contribution in [-0.2, 0) is 26.8 Å². The van der Waals surface area contributed by atoms with Gasteiger partial charge >= 0.3 is 29.6 Å². The first kappa shape index (κ1) is 36.1. The summed E-state index contributed by atoms with van der Waals surface area (Å²) in [6, 6.07) is 15.6. The van der Waals surface area contributed by atoms with E-state index < -0.39 is 25.5 Å². The maximum atomic E-state index is 11.6. The number of nitrogens with zero attached hydrogens (tertiary/aromatic N) is 3. The zero-order chi connectivity index (χ0) is 31.8. The molecular formula is C30H31Cl2N3NaO6S3+. The van der Waals surface area contributed by atoms with Crippen molar-refractivity contribution in [1.29, 1.82) is 0 Å². The Labute approximate surface area is 299 Å². The van der Waals surface area contributed by atoms with Crippen LogP contribution >= 0.6 is 34.5 Å². The zero-order valence-corrected chi connectivity index (χ0v) is 30.9. The first-order valence-corrected chi connectivity index (χ1v) is 18.6. The summed E-state index contributed by atoms with van der Waals surface area (Å²) in [6.07, 6.45) is 6.09. The zero-order valence-electron chi connectivity index (χ0n) is 25.0. The van der Waals surface area contributed by atoms with Gasteiger partial charge in [0.1, 0.15) is 10.5 Å². The molecule has 0 saturated heterocycles. The standard InChI is InChI=1S/C30H31Cl2N3O6S3.Na/c1-3-33-25-18-23(31)24(32)19-26(25)34(16-14-20(2)44(39,40)41)28(33)10-6-11-29-35(15-7-17-43(36,37)38)30-22-9-5-4-8-21(22)12-13-27(30)42-29;/h4-6,8-13,18-20H,3,7,14-17H2,1-2H3,(H-,36,37,38,39,40,41);/q;+1.